The third-order valence-corrected chi connectivity index (χ3v) is 3.81. The van der Waals surface area contributed by atoms with Crippen molar-refractivity contribution in [2.24, 2.45) is 5.92 Å². The molecule has 1 aliphatic rings. The first-order valence-electron chi connectivity index (χ1n) is 7.04. The van der Waals surface area contributed by atoms with Gasteiger partial charge in [0.25, 0.3) is 0 Å². The zero-order valence-electron chi connectivity index (χ0n) is 11.5. The summed E-state index contributed by atoms with van der Waals surface area (Å²) < 4.78 is 1.73. The van der Waals surface area contributed by atoms with Crippen LogP contribution >= 0.6 is 0 Å². The summed E-state index contributed by atoms with van der Waals surface area (Å²) in [7, 11) is 0. The molecule has 5 nitrogen and oxygen atoms in total. The topological polar surface area (TPSA) is 67.2 Å². The second-order valence-corrected chi connectivity index (χ2v) is 5.72. The van der Waals surface area contributed by atoms with E-state index in [0.717, 1.165) is 19.3 Å². The molecule has 1 amide bonds. The van der Waals surface area contributed by atoms with E-state index in [1.165, 1.54) is 6.42 Å². The van der Waals surface area contributed by atoms with Gasteiger partial charge in [0.05, 0.1) is 5.60 Å². The standard InChI is InChI=1S/C14H23N3O2/c1-12-4-2-6-14(19,10-12)11-15-13(18)5-9-17-8-3-7-16-17/h3,7-8,12,19H,2,4-6,9-11H2,1H3,(H,15,18). The normalized spacial score (nSPS) is 27.2. The van der Waals surface area contributed by atoms with Gasteiger partial charge in [0, 0.05) is 31.9 Å². The highest BCUT2D eigenvalue weighted by molar-refractivity contribution is 5.75. The van der Waals surface area contributed by atoms with Crippen LogP contribution < -0.4 is 5.32 Å². The highest BCUT2D eigenvalue weighted by Gasteiger charge is 2.32. The molecule has 19 heavy (non-hydrogen) atoms. The summed E-state index contributed by atoms with van der Waals surface area (Å²) in [5.41, 5.74) is -0.709. The molecule has 0 spiro atoms. The van der Waals surface area contributed by atoms with Crippen LogP contribution in [0, 0.1) is 5.92 Å². The summed E-state index contributed by atoms with van der Waals surface area (Å²) >= 11 is 0. The van der Waals surface area contributed by atoms with Crippen LogP contribution in [0.2, 0.25) is 0 Å². The van der Waals surface area contributed by atoms with Gasteiger partial charge in [-0.3, -0.25) is 9.48 Å². The van der Waals surface area contributed by atoms with Crippen LogP contribution in [0.1, 0.15) is 39.0 Å². The first-order valence-corrected chi connectivity index (χ1v) is 7.04. The van der Waals surface area contributed by atoms with Gasteiger partial charge in [0.2, 0.25) is 5.91 Å². The summed E-state index contributed by atoms with van der Waals surface area (Å²) in [5.74, 6) is 0.516. The molecular formula is C14H23N3O2. The number of aliphatic hydroxyl groups is 1. The number of aromatic nitrogens is 2. The SMILES string of the molecule is CC1CCCC(O)(CNC(=O)CCn2cccn2)C1. The van der Waals surface area contributed by atoms with E-state index in [1.54, 1.807) is 10.9 Å². The van der Waals surface area contributed by atoms with E-state index in [0.29, 0.717) is 25.4 Å². The van der Waals surface area contributed by atoms with E-state index < -0.39 is 5.60 Å². The van der Waals surface area contributed by atoms with Crippen LogP contribution in [0.5, 0.6) is 0 Å². The zero-order chi connectivity index (χ0) is 13.7. The number of hydrogen-bond donors (Lipinski definition) is 2. The van der Waals surface area contributed by atoms with Crippen molar-refractivity contribution in [2.45, 2.75) is 51.2 Å². The maximum atomic E-state index is 11.7. The van der Waals surface area contributed by atoms with E-state index in [1.807, 2.05) is 12.3 Å². The molecule has 2 rings (SSSR count). The van der Waals surface area contributed by atoms with E-state index >= 15 is 0 Å². The number of nitrogens with one attached hydrogen (secondary N) is 1. The van der Waals surface area contributed by atoms with E-state index in [-0.39, 0.29) is 5.91 Å². The minimum absolute atomic E-state index is 0.0258. The highest BCUT2D eigenvalue weighted by Crippen LogP contribution is 2.31. The second kappa shape index (κ2) is 6.19. The van der Waals surface area contributed by atoms with Crippen LogP contribution in [0.15, 0.2) is 18.5 Å². The molecule has 0 aliphatic heterocycles. The predicted molar refractivity (Wildman–Crippen MR) is 72.4 cm³/mol. The fourth-order valence-electron chi connectivity index (χ4n) is 2.79. The first kappa shape index (κ1) is 14.1. The quantitative estimate of drug-likeness (QED) is 0.844. The van der Waals surface area contributed by atoms with Crippen LogP contribution in [-0.2, 0) is 11.3 Å². The molecule has 1 heterocycles. The van der Waals surface area contributed by atoms with Crippen molar-refractivity contribution >= 4 is 5.91 Å². The van der Waals surface area contributed by atoms with Gasteiger partial charge in [0.15, 0.2) is 0 Å². The summed E-state index contributed by atoms with van der Waals surface area (Å²) in [6.45, 7) is 3.10. The van der Waals surface area contributed by atoms with Gasteiger partial charge in [-0.15, -0.1) is 0 Å². The summed E-state index contributed by atoms with van der Waals surface area (Å²) in [5, 5.41) is 17.3. The predicted octanol–water partition coefficient (Wildman–Crippen LogP) is 1.33. The summed E-state index contributed by atoms with van der Waals surface area (Å²) in [6.07, 6.45) is 7.72. The van der Waals surface area contributed by atoms with Gasteiger partial charge in [-0.05, 0) is 24.8 Å². The van der Waals surface area contributed by atoms with Crippen molar-refractivity contribution in [3.8, 4) is 0 Å². The number of hydrogen-bond acceptors (Lipinski definition) is 3. The van der Waals surface area contributed by atoms with Gasteiger partial charge in [-0.25, -0.2) is 0 Å². The Morgan fingerprint density at radius 1 is 1.63 bits per heavy atom. The highest BCUT2D eigenvalue weighted by atomic mass is 16.3. The molecule has 0 aromatic carbocycles. The van der Waals surface area contributed by atoms with Gasteiger partial charge in [-0.2, -0.15) is 5.10 Å². The molecule has 106 valence electrons. The smallest absolute Gasteiger partial charge is 0.221 e. The number of amides is 1. The Kier molecular flexibility index (Phi) is 4.58. The largest absolute Gasteiger partial charge is 0.388 e. The molecule has 0 radical (unpaired) electrons. The van der Waals surface area contributed by atoms with Gasteiger partial charge in [-0.1, -0.05) is 19.8 Å². The lowest BCUT2D eigenvalue weighted by Crippen LogP contribution is -2.45. The van der Waals surface area contributed by atoms with E-state index in [2.05, 4.69) is 17.3 Å². The van der Waals surface area contributed by atoms with E-state index in [4.69, 9.17) is 0 Å². The van der Waals surface area contributed by atoms with Crippen molar-refractivity contribution in [3.63, 3.8) is 0 Å². The Hall–Kier alpha value is -1.36. The molecule has 1 saturated carbocycles. The van der Waals surface area contributed by atoms with E-state index in [9.17, 15) is 9.90 Å². The van der Waals surface area contributed by atoms with Gasteiger partial charge < -0.3 is 10.4 Å². The Bertz CT molecular complexity index is 405. The average molecular weight is 265 g/mol. The Labute approximate surface area is 114 Å². The molecule has 1 aliphatic carbocycles. The number of aryl methyl sites for hydroxylation is 1. The molecular weight excluding hydrogens is 242 g/mol. The van der Waals surface area contributed by atoms with Crippen molar-refractivity contribution in [1.29, 1.82) is 0 Å². The lowest BCUT2D eigenvalue weighted by atomic mass is 9.79. The fourth-order valence-corrected chi connectivity index (χ4v) is 2.79. The summed E-state index contributed by atoms with van der Waals surface area (Å²) in [4.78, 5) is 11.7. The van der Waals surface area contributed by atoms with Crippen molar-refractivity contribution in [1.82, 2.24) is 15.1 Å². The van der Waals surface area contributed by atoms with Crippen LogP contribution in [0.4, 0.5) is 0 Å². The summed E-state index contributed by atoms with van der Waals surface area (Å²) in [6, 6.07) is 1.84. The number of carbonyl (C=O) groups is 1. The lowest BCUT2D eigenvalue weighted by molar-refractivity contribution is -0.123. The monoisotopic (exact) mass is 265 g/mol. The molecule has 2 N–H and O–H groups in total. The molecule has 5 heteroatoms. The van der Waals surface area contributed by atoms with Gasteiger partial charge >= 0.3 is 0 Å². The maximum Gasteiger partial charge on any atom is 0.221 e. The Morgan fingerprint density at radius 3 is 3.16 bits per heavy atom. The number of rotatable bonds is 5. The van der Waals surface area contributed by atoms with Crippen molar-refractivity contribution in [2.75, 3.05) is 6.54 Å². The number of carbonyl (C=O) groups excluding carboxylic acids is 1. The second-order valence-electron chi connectivity index (χ2n) is 5.72. The van der Waals surface area contributed by atoms with Crippen LogP contribution in [0.25, 0.3) is 0 Å². The zero-order valence-corrected chi connectivity index (χ0v) is 11.5. The lowest BCUT2D eigenvalue weighted by Gasteiger charge is -2.35. The molecule has 2 unspecified atom stereocenters. The molecule has 0 bridgehead atoms. The van der Waals surface area contributed by atoms with Gasteiger partial charge in [0.1, 0.15) is 0 Å². The molecule has 1 fully saturated rings. The average Bonchev–Trinajstić information content (AvgIpc) is 2.87. The third kappa shape index (κ3) is 4.35. The minimum Gasteiger partial charge on any atom is -0.388 e. The molecule has 1 aromatic heterocycles. The Morgan fingerprint density at radius 2 is 2.47 bits per heavy atom. The molecule has 0 saturated heterocycles. The third-order valence-electron chi connectivity index (χ3n) is 3.81. The minimum atomic E-state index is -0.709. The van der Waals surface area contributed by atoms with Crippen molar-refractivity contribution < 1.29 is 9.90 Å². The van der Waals surface area contributed by atoms with Crippen LogP contribution in [-0.4, -0.2) is 32.9 Å². The first-order chi connectivity index (χ1) is 9.07. The fraction of sp³-hybridized carbons (Fsp3) is 0.714. The molecule has 1 aromatic rings. The number of nitrogens with zero attached hydrogens (tertiary/aromatic N) is 2. The maximum absolute atomic E-state index is 11.7. The van der Waals surface area contributed by atoms with Crippen LogP contribution in [0.3, 0.4) is 0 Å². The van der Waals surface area contributed by atoms with Crippen molar-refractivity contribution in [3.05, 3.63) is 18.5 Å². The Balaban J connectivity index is 1.70. The molecule has 2 atom stereocenters.